The number of likely N-dealkylation sites (tertiary alicyclic amines) is 1. The Kier molecular flexibility index (Phi) is 6.13. The van der Waals surface area contributed by atoms with Crippen molar-refractivity contribution >= 4 is 11.6 Å². The molecule has 4 heteroatoms. The topological polar surface area (TPSA) is 41.9 Å². The molecule has 3 aromatic carbocycles. The lowest BCUT2D eigenvalue weighted by atomic mass is 9.90. The van der Waals surface area contributed by atoms with E-state index in [2.05, 4.69) is 23.1 Å². The van der Waals surface area contributed by atoms with E-state index in [0.29, 0.717) is 6.61 Å². The number of phenolic OH excluding ortho intramolecular Hbond substituents is 1. The molecular formula is C28H29NO3. The van der Waals surface area contributed by atoms with E-state index >= 15 is 0 Å². The molecule has 0 amide bonds. The molecule has 1 N–H and O–H groups in total. The fourth-order valence-corrected chi connectivity index (χ4v) is 4.56. The first-order valence-electron chi connectivity index (χ1n) is 11.5. The van der Waals surface area contributed by atoms with Gasteiger partial charge in [0.05, 0.1) is 0 Å². The molecule has 0 aliphatic carbocycles. The summed E-state index contributed by atoms with van der Waals surface area (Å²) in [5.41, 5.74) is 4.14. The summed E-state index contributed by atoms with van der Waals surface area (Å²) in [5, 5.41) is 9.77. The molecule has 0 aromatic heterocycles. The highest BCUT2D eigenvalue weighted by Gasteiger charge is 2.28. The molecule has 1 atom stereocenters. The third-order valence-electron chi connectivity index (χ3n) is 6.27. The van der Waals surface area contributed by atoms with Gasteiger partial charge < -0.3 is 14.6 Å². The van der Waals surface area contributed by atoms with Gasteiger partial charge in [-0.3, -0.25) is 4.90 Å². The molecule has 0 saturated carbocycles. The molecule has 32 heavy (non-hydrogen) atoms. The van der Waals surface area contributed by atoms with Crippen molar-refractivity contribution in [1.29, 1.82) is 0 Å². The fraction of sp³-hybridized carbons (Fsp3) is 0.286. The van der Waals surface area contributed by atoms with Crippen LogP contribution in [0.25, 0.3) is 11.6 Å². The van der Waals surface area contributed by atoms with Gasteiger partial charge in [-0.25, -0.2) is 0 Å². The van der Waals surface area contributed by atoms with Crippen LogP contribution < -0.4 is 9.47 Å². The maximum Gasteiger partial charge on any atom is 0.153 e. The summed E-state index contributed by atoms with van der Waals surface area (Å²) in [5.74, 6) is 1.98. The van der Waals surface area contributed by atoms with Crippen LogP contribution in [0.1, 0.15) is 42.1 Å². The molecule has 164 valence electrons. The number of fused-ring (bicyclic) bond motifs is 1. The molecule has 0 spiro atoms. The number of hydrogen-bond acceptors (Lipinski definition) is 4. The number of rotatable bonds is 6. The molecule has 2 aliphatic rings. The van der Waals surface area contributed by atoms with E-state index in [0.717, 1.165) is 40.3 Å². The molecule has 5 rings (SSSR count). The second-order valence-corrected chi connectivity index (χ2v) is 8.47. The Morgan fingerprint density at radius 1 is 0.875 bits per heavy atom. The first-order chi connectivity index (χ1) is 15.8. The van der Waals surface area contributed by atoms with Crippen molar-refractivity contribution in [3.8, 4) is 17.2 Å². The minimum absolute atomic E-state index is 0.254. The molecule has 2 aliphatic heterocycles. The minimum Gasteiger partial charge on any atom is -0.508 e. The third-order valence-corrected chi connectivity index (χ3v) is 6.27. The second-order valence-electron chi connectivity index (χ2n) is 8.47. The summed E-state index contributed by atoms with van der Waals surface area (Å²) >= 11 is 0. The van der Waals surface area contributed by atoms with Crippen LogP contribution in [0.2, 0.25) is 0 Å². The van der Waals surface area contributed by atoms with Crippen molar-refractivity contribution in [2.24, 2.45) is 0 Å². The van der Waals surface area contributed by atoms with E-state index in [1.807, 2.05) is 48.5 Å². The molecule has 3 aromatic rings. The van der Waals surface area contributed by atoms with Crippen molar-refractivity contribution in [3.05, 3.63) is 89.5 Å². The van der Waals surface area contributed by atoms with Gasteiger partial charge in [-0.15, -0.1) is 0 Å². The van der Waals surface area contributed by atoms with Gasteiger partial charge in [0.1, 0.15) is 23.9 Å². The van der Waals surface area contributed by atoms with Crippen LogP contribution in [-0.4, -0.2) is 36.2 Å². The number of piperidine rings is 1. The normalized spacial score (nSPS) is 18.4. The fourth-order valence-electron chi connectivity index (χ4n) is 4.56. The van der Waals surface area contributed by atoms with Crippen molar-refractivity contribution < 1.29 is 14.6 Å². The first-order valence-corrected chi connectivity index (χ1v) is 11.5. The summed E-state index contributed by atoms with van der Waals surface area (Å²) in [4.78, 5) is 2.49. The van der Waals surface area contributed by atoms with Gasteiger partial charge in [-0.1, -0.05) is 55.0 Å². The average molecular weight is 428 g/mol. The van der Waals surface area contributed by atoms with Crippen LogP contribution in [0, 0.1) is 0 Å². The number of para-hydroxylation sites is 2. The highest BCUT2D eigenvalue weighted by Crippen LogP contribution is 2.44. The first kappa shape index (κ1) is 20.7. The molecule has 0 bridgehead atoms. The monoisotopic (exact) mass is 427 g/mol. The van der Waals surface area contributed by atoms with E-state index in [1.54, 1.807) is 12.1 Å². The van der Waals surface area contributed by atoms with Crippen molar-refractivity contribution in [2.75, 3.05) is 26.2 Å². The number of hydrogen-bond donors (Lipinski definition) is 1. The van der Waals surface area contributed by atoms with Crippen LogP contribution in [-0.2, 0) is 0 Å². The van der Waals surface area contributed by atoms with Gasteiger partial charge in [0.2, 0.25) is 0 Å². The highest BCUT2D eigenvalue weighted by atomic mass is 16.5. The number of phenols is 1. The minimum atomic E-state index is -0.291. The third kappa shape index (κ3) is 4.51. The molecule has 1 unspecified atom stereocenters. The number of ether oxygens (including phenoxy) is 2. The second kappa shape index (κ2) is 9.49. The lowest BCUT2D eigenvalue weighted by molar-refractivity contribution is 0.179. The lowest BCUT2D eigenvalue weighted by Crippen LogP contribution is -2.33. The molecule has 4 nitrogen and oxygen atoms in total. The summed E-state index contributed by atoms with van der Waals surface area (Å²) in [6.45, 7) is 3.95. The number of aromatic hydroxyl groups is 1. The van der Waals surface area contributed by atoms with Crippen LogP contribution in [0.5, 0.6) is 17.2 Å². The largest absolute Gasteiger partial charge is 0.508 e. The Hall–Kier alpha value is -3.24. The smallest absolute Gasteiger partial charge is 0.153 e. The predicted molar refractivity (Wildman–Crippen MR) is 128 cm³/mol. The number of benzene rings is 3. The van der Waals surface area contributed by atoms with Crippen molar-refractivity contribution in [3.63, 3.8) is 0 Å². The summed E-state index contributed by atoms with van der Waals surface area (Å²) in [6.07, 6.45) is 5.80. The van der Waals surface area contributed by atoms with Crippen LogP contribution in [0.3, 0.4) is 0 Å². The van der Waals surface area contributed by atoms with Crippen LogP contribution >= 0.6 is 0 Å². The standard InChI is InChI=1S/C28H29NO3/c30-23-14-12-21(13-15-23)25-20-22-8-2-4-10-26(22)32-28(25)24-9-3-5-11-27(24)31-19-18-29-16-6-1-7-17-29/h2-5,8-15,20,28,30H,1,6-7,16-19H2. The maximum absolute atomic E-state index is 9.77. The van der Waals surface area contributed by atoms with E-state index < -0.39 is 0 Å². The molecule has 1 saturated heterocycles. The molecule has 2 heterocycles. The van der Waals surface area contributed by atoms with E-state index in [-0.39, 0.29) is 11.9 Å². The van der Waals surface area contributed by atoms with Crippen LogP contribution in [0.15, 0.2) is 72.8 Å². The van der Waals surface area contributed by atoms with E-state index in [4.69, 9.17) is 9.47 Å². The van der Waals surface area contributed by atoms with E-state index in [9.17, 15) is 5.11 Å². The average Bonchev–Trinajstić information content (AvgIpc) is 2.85. The quantitative estimate of drug-likeness (QED) is 0.529. The zero-order valence-electron chi connectivity index (χ0n) is 18.2. The SMILES string of the molecule is Oc1ccc(C2=Cc3ccccc3OC2c2ccccc2OCCN2CCCCC2)cc1. The maximum atomic E-state index is 9.77. The Morgan fingerprint density at radius 3 is 2.47 bits per heavy atom. The number of nitrogens with zero attached hydrogens (tertiary/aromatic N) is 1. The predicted octanol–water partition coefficient (Wildman–Crippen LogP) is 5.93. The van der Waals surface area contributed by atoms with E-state index in [1.165, 1.54) is 32.4 Å². The summed E-state index contributed by atoms with van der Waals surface area (Å²) in [7, 11) is 0. The summed E-state index contributed by atoms with van der Waals surface area (Å²) < 4.78 is 12.8. The van der Waals surface area contributed by atoms with Crippen molar-refractivity contribution in [2.45, 2.75) is 25.4 Å². The Labute approximate surface area is 189 Å². The molecular weight excluding hydrogens is 398 g/mol. The summed E-state index contributed by atoms with van der Waals surface area (Å²) in [6, 6.07) is 23.6. The van der Waals surface area contributed by atoms with Crippen LogP contribution in [0.4, 0.5) is 0 Å². The van der Waals surface area contributed by atoms with Gasteiger partial charge in [-0.05, 0) is 61.8 Å². The van der Waals surface area contributed by atoms with Gasteiger partial charge in [0.25, 0.3) is 0 Å². The van der Waals surface area contributed by atoms with Gasteiger partial charge in [0.15, 0.2) is 6.10 Å². The Bertz CT molecular complexity index is 1080. The molecule has 0 radical (unpaired) electrons. The Balaban J connectivity index is 1.44. The van der Waals surface area contributed by atoms with Gasteiger partial charge in [0, 0.05) is 23.2 Å². The lowest BCUT2D eigenvalue weighted by Gasteiger charge is -2.30. The van der Waals surface area contributed by atoms with Gasteiger partial charge >= 0.3 is 0 Å². The van der Waals surface area contributed by atoms with Gasteiger partial charge in [-0.2, -0.15) is 0 Å². The Morgan fingerprint density at radius 2 is 1.62 bits per heavy atom. The zero-order chi connectivity index (χ0) is 21.8. The van der Waals surface area contributed by atoms with Crippen molar-refractivity contribution in [1.82, 2.24) is 4.90 Å². The molecule has 1 fully saturated rings. The zero-order valence-corrected chi connectivity index (χ0v) is 18.2. The highest BCUT2D eigenvalue weighted by molar-refractivity contribution is 5.88.